The summed E-state index contributed by atoms with van der Waals surface area (Å²) in [6.07, 6.45) is 2.72. The van der Waals surface area contributed by atoms with Crippen molar-refractivity contribution in [2.45, 2.75) is 31.2 Å². The molecule has 8 heteroatoms. The number of rotatable bonds is 9. The number of halogens is 1. The number of aromatic nitrogens is 1. The third kappa shape index (κ3) is 5.95. The molecule has 3 aromatic rings. The first-order chi connectivity index (χ1) is 15.0. The van der Waals surface area contributed by atoms with E-state index < -0.39 is 5.82 Å². The van der Waals surface area contributed by atoms with Gasteiger partial charge in [-0.3, -0.25) is 14.4 Å². The number of carbonyl (C=O) groups excluding carboxylic acids is 2. The van der Waals surface area contributed by atoms with Crippen LogP contribution in [0.5, 0.6) is 0 Å². The molecule has 162 valence electrons. The first kappa shape index (κ1) is 22.6. The van der Waals surface area contributed by atoms with Crippen LogP contribution in [-0.4, -0.2) is 28.9 Å². The molecule has 0 fully saturated rings. The Labute approximate surface area is 183 Å². The molecule has 0 aliphatic rings. The molecule has 0 bridgehead atoms. The van der Waals surface area contributed by atoms with Crippen molar-refractivity contribution in [3.05, 3.63) is 76.3 Å². The maximum absolute atomic E-state index is 13.5. The van der Waals surface area contributed by atoms with E-state index in [2.05, 4.69) is 5.32 Å². The zero-order chi connectivity index (χ0) is 22.2. The SMILES string of the molecule is CCCC(=O)OCSc1ccccc1C(=O)NCCn1ccc(=O)c2cc(F)ccc21. The van der Waals surface area contributed by atoms with Crippen molar-refractivity contribution in [3.63, 3.8) is 0 Å². The van der Waals surface area contributed by atoms with Gasteiger partial charge >= 0.3 is 5.97 Å². The van der Waals surface area contributed by atoms with Gasteiger partial charge in [0.05, 0.1) is 11.1 Å². The molecule has 0 aliphatic heterocycles. The van der Waals surface area contributed by atoms with Crippen LogP contribution in [0.2, 0.25) is 0 Å². The number of thioether (sulfide) groups is 1. The van der Waals surface area contributed by atoms with Crippen LogP contribution in [0.4, 0.5) is 4.39 Å². The maximum Gasteiger partial charge on any atom is 0.306 e. The average molecular weight is 443 g/mol. The van der Waals surface area contributed by atoms with Crippen LogP contribution < -0.4 is 10.7 Å². The molecule has 0 spiro atoms. The summed E-state index contributed by atoms with van der Waals surface area (Å²) in [7, 11) is 0. The highest BCUT2D eigenvalue weighted by atomic mass is 32.2. The number of ether oxygens (including phenoxy) is 1. The highest BCUT2D eigenvalue weighted by Gasteiger charge is 2.12. The number of hydrogen-bond acceptors (Lipinski definition) is 5. The minimum atomic E-state index is -0.467. The molecule has 1 aromatic heterocycles. The van der Waals surface area contributed by atoms with E-state index >= 15 is 0 Å². The summed E-state index contributed by atoms with van der Waals surface area (Å²) in [4.78, 5) is 36.9. The van der Waals surface area contributed by atoms with Crippen LogP contribution in [0.25, 0.3) is 10.9 Å². The van der Waals surface area contributed by atoms with Crippen molar-refractivity contribution in [2.24, 2.45) is 0 Å². The Morgan fingerprint density at radius 1 is 1.16 bits per heavy atom. The molecule has 1 N–H and O–H groups in total. The summed E-state index contributed by atoms with van der Waals surface area (Å²) in [5.41, 5.74) is 0.847. The second-order valence-electron chi connectivity index (χ2n) is 6.82. The Kier molecular flexibility index (Phi) is 7.83. The standard InChI is InChI=1S/C23H23FN2O4S/c1-2-5-22(28)30-15-31-21-7-4-3-6-17(21)23(29)25-11-13-26-12-10-20(27)18-14-16(24)8-9-19(18)26/h3-4,6-10,12,14H,2,5,11,13,15H2,1H3,(H,25,29). The third-order valence-electron chi connectivity index (χ3n) is 4.60. The number of hydrogen-bond donors (Lipinski definition) is 1. The lowest BCUT2D eigenvalue weighted by Crippen LogP contribution is -2.28. The fourth-order valence-electron chi connectivity index (χ4n) is 3.08. The summed E-state index contributed by atoms with van der Waals surface area (Å²) < 4.78 is 20.4. The van der Waals surface area contributed by atoms with Crippen molar-refractivity contribution in [3.8, 4) is 0 Å². The van der Waals surface area contributed by atoms with Gasteiger partial charge in [-0.2, -0.15) is 0 Å². The molecule has 0 saturated carbocycles. The number of pyridine rings is 1. The molecule has 31 heavy (non-hydrogen) atoms. The maximum atomic E-state index is 13.5. The van der Waals surface area contributed by atoms with Crippen molar-refractivity contribution in [1.29, 1.82) is 0 Å². The van der Waals surface area contributed by atoms with Crippen LogP contribution >= 0.6 is 11.8 Å². The number of fused-ring (bicyclic) bond motifs is 1. The van der Waals surface area contributed by atoms with Gasteiger partial charge in [-0.1, -0.05) is 30.8 Å². The van der Waals surface area contributed by atoms with Crippen LogP contribution in [0.1, 0.15) is 30.1 Å². The van der Waals surface area contributed by atoms with Gasteiger partial charge in [0.15, 0.2) is 5.43 Å². The van der Waals surface area contributed by atoms with Crippen molar-refractivity contribution >= 4 is 34.5 Å². The summed E-state index contributed by atoms with van der Waals surface area (Å²) >= 11 is 1.28. The zero-order valence-electron chi connectivity index (χ0n) is 17.1. The van der Waals surface area contributed by atoms with Gasteiger partial charge in [0.1, 0.15) is 11.8 Å². The molecule has 0 unspecified atom stereocenters. The van der Waals surface area contributed by atoms with E-state index in [1.165, 1.54) is 30.0 Å². The van der Waals surface area contributed by atoms with Gasteiger partial charge in [-0.05, 0) is 36.8 Å². The van der Waals surface area contributed by atoms with Gasteiger partial charge in [-0.25, -0.2) is 4.39 Å². The molecule has 1 heterocycles. The molecule has 2 aromatic carbocycles. The van der Waals surface area contributed by atoms with Gasteiger partial charge in [0.25, 0.3) is 5.91 Å². The Balaban J connectivity index is 1.62. The van der Waals surface area contributed by atoms with Crippen molar-refractivity contribution in [1.82, 2.24) is 9.88 Å². The van der Waals surface area contributed by atoms with E-state index in [-0.39, 0.29) is 23.2 Å². The van der Waals surface area contributed by atoms with Crippen molar-refractivity contribution < 1.29 is 18.7 Å². The molecule has 1 amide bonds. The molecule has 3 rings (SSSR count). The first-order valence-corrected chi connectivity index (χ1v) is 10.9. The van der Waals surface area contributed by atoms with E-state index in [9.17, 15) is 18.8 Å². The summed E-state index contributed by atoms with van der Waals surface area (Å²) in [5.74, 6) is -0.835. The Morgan fingerprint density at radius 2 is 1.97 bits per heavy atom. The lowest BCUT2D eigenvalue weighted by Gasteiger charge is -2.13. The Hall–Kier alpha value is -3.13. The largest absolute Gasteiger partial charge is 0.454 e. The van der Waals surface area contributed by atoms with E-state index in [0.717, 1.165) is 6.42 Å². The van der Waals surface area contributed by atoms with Gasteiger partial charge < -0.3 is 14.6 Å². The van der Waals surface area contributed by atoms with E-state index in [1.54, 1.807) is 35.0 Å². The number of nitrogens with zero attached hydrogens (tertiary/aromatic N) is 1. The number of benzene rings is 2. The highest BCUT2D eigenvalue weighted by Crippen LogP contribution is 2.23. The smallest absolute Gasteiger partial charge is 0.306 e. The second-order valence-corrected chi connectivity index (χ2v) is 7.78. The lowest BCUT2D eigenvalue weighted by atomic mass is 10.2. The molecule has 0 aliphatic carbocycles. The molecule has 0 atom stereocenters. The number of amides is 1. The van der Waals surface area contributed by atoms with Crippen LogP contribution in [-0.2, 0) is 16.1 Å². The number of carbonyl (C=O) groups is 2. The fraction of sp³-hybridized carbons (Fsp3) is 0.261. The monoisotopic (exact) mass is 442 g/mol. The topological polar surface area (TPSA) is 77.4 Å². The molecular weight excluding hydrogens is 419 g/mol. The van der Waals surface area contributed by atoms with Gasteiger partial charge in [-0.15, -0.1) is 0 Å². The van der Waals surface area contributed by atoms with Crippen molar-refractivity contribution in [2.75, 3.05) is 12.5 Å². The first-order valence-electron chi connectivity index (χ1n) is 9.94. The average Bonchev–Trinajstić information content (AvgIpc) is 2.76. The molecular formula is C23H23FN2O4S. The summed E-state index contributed by atoms with van der Waals surface area (Å²) in [6.45, 7) is 2.64. The van der Waals surface area contributed by atoms with Crippen LogP contribution in [0.15, 0.2) is 64.4 Å². The predicted octanol–water partition coefficient (Wildman–Crippen LogP) is 3.96. The van der Waals surface area contributed by atoms with E-state index in [0.29, 0.717) is 40.9 Å². The molecule has 0 radical (unpaired) electrons. The fourth-order valence-corrected chi connectivity index (χ4v) is 3.89. The molecule has 6 nitrogen and oxygen atoms in total. The van der Waals surface area contributed by atoms with Gasteiger partial charge in [0, 0.05) is 42.1 Å². The normalized spacial score (nSPS) is 10.8. The quantitative estimate of drug-likeness (QED) is 0.308. The van der Waals surface area contributed by atoms with E-state index in [1.807, 2.05) is 13.0 Å². The predicted molar refractivity (Wildman–Crippen MR) is 119 cm³/mol. The Morgan fingerprint density at radius 3 is 2.77 bits per heavy atom. The third-order valence-corrected chi connectivity index (χ3v) is 5.50. The lowest BCUT2D eigenvalue weighted by molar-refractivity contribution is -0.141. The second kappa shape index (κ2) is 10.8. The van der Waals surface area contributed by atoms with Crippen LogP contribution in [0, 0.1) is 5.82 Å². The summed E-state index contributed by atoms with van der Waals surface area (Å²) in [5, 5.41) is 3.16. The van der Waals surface area contributed by atoms with Crippen LogP contribution in [0.3, 0.4) is 0 Å². The zero-order valence-corrected chi connectivity index (χ0v) is 17.9. The Bertz CT molecular complexity index is 1150. The molecule has 0 saturated heterocycles. The minimum absolute atomic E-state index is 0.142. The number of nitrogens with one attached hydrogen (secondary N) is 1. The summed E-state index contributed by atoms with van der Waals surface area (Å²) in [6, 6.07) is 12.6. The highest BCUT2D eigenvalue weighted by molar-refractivity contribution is 7.99. The minimum Gasteiger partial charge on any atom is -0.454 e. The van der Waals surface area contributed by atoms with Gasteiger partial charge in [0.2, 0.25) is 0 Å². The number of esters is 1. The van der Waals surface area contributed by atoms with E-state index in [4.69, 9.17) is 4.74 Å².